The zero-order valence-electron chi connectivity index (χ0n) is 34.2. The standard InChI is InChI=1S/C47H48F9N5O2/c48-45(49,50)40(32-15-5-1-6-16-32)44(29-35-30-57-38-22-12-11-21-37(35)38,58-39(62)31-59-27-23-36(24-28-59)60-25-13-4-14-26-60)43(63)61(41(46(51,52)53)33-17-7-2-8-18-33)42(47(54,55)56)34-19-9-3-10-20-34/h1-3,5-12,15-22,30,36,40-42,57H,4,13-14,23-29,31H2,(H,58,62). The Morgan fingerprint density at radius 3 is 1.63 bits per heavy atom. The van der Waals surface area contributed by atoms with E-state index in [4.69, 9.17) is 0 Å². The third kappa shape index (κ3) is 10.2. The number of nitrogens with one attached hydrogen (secondary N) is 2. The molecule has 16 heteroatoms. The van der Waals surface area contributed by atoms with Crippen LogP contribution in [0.25, 0.3) is 10.9 Å². The fourth-order valence-electron chi connectivity index (χ4n) is 9.56. The van der Waals surface area contributed by atoms with Crippen molar-refractivity contribution in [3.8, 4) is 0 Å². The van der Waals surface area contributed by atoms with Crippen molar-refractivity contribution in [2.45, 2.75) is 86.6 Å². The summed E-state index contributed by atoms with van der Waals surface area (Å²) in [6, 6.07) is 15.9. The van der Waals surface area contributed by atoms with Gasteiger partial charge in [-0.2, -0.15) is 39.5 Å². The molecule has 336 valence electrons. The van der Waals surface area contributed by atoms with E-state index in [0.29, 0.717) is 31.4 Å². The average molecular weight is 886 g/mol. The van der Waals surface area contributed by atoms with Crippen LogP contribution in [0.3, 0.4) is 0 Å². The number of para-hydroxylation sites is 1. The van der Waals surface area contributed by atoms with E-state index in [-0.39, 0.29) is 17.0 Å². The van der Waals surface area contributed by atoms with E-state index in [9.17, 15) is 4.79 Å². The minimum Gasteiger partial charge on any atom is -0.361 e. The Bertz CT molecular complexity index is 2210. The predicted molar refractivity (Wildman–Crippen MR) is 220 cm³/mol. The van der Waals surface area contributed by atoms with Crippen molar-refractivity contribution in [1.29, 1.82) is 0 Å². The summed E-state index contributed by atoms with van der Waals surface area (Å²) in [6.45, 7) is 1.96. The molecular weight excluding hydrogens is 838 g/mol. The van der Waals surface area contributed by atoms with Crippen LogP contribution in [0.15, 0.2) is 121 Å². The van der Waals surface area contributed by atoms with Crippen molar-refractivity contribution in [2.75, 3.05) is 32.7 Å². The molecule has 7 nitrogen and oxygen atoms in total. The minimum absolute atomic E-state index is 0.0572. The maximum Gasteiger partial charge on any atom is 0.413 e. The van der Waals surface area contributed by atoms with Crippen molar-refractivity contribution in [3.05, 3.63) is 144 Å². The normalized spacial score (nSPS) is 18.6. The lowest BCUT2D eigenvalue weighted by molar-refractivity contribution is -0.242. The third-order valence-corrected chi connectivity index (χ3v) is 12.3. The summed E-state index contributed by atoms with van der Waals surface area (Å²) in [5.41, 5.74) is -5.59. The second-order valence-electron chi connectivity index (χ2n) is 16.5. The molecule has 4 atom stereocenters. The maximum atomic E-state index is 16.3. The first-order chi connectivity index (χ1) is 30.0. The van der Waals surface area contributed by atoms with Gasteiger partial charge in [0.15, 0.2) is 12.1 Å². The van der Waals surface area contributed by atoms with Gasteiger partial charge < -0.3 is 20.1 Å². The van der Waals surface area contributed by atoms with Crippen LogP contribution in [-0.2, 0) is 16.0 Å². The van der Waals surface area contributed by atoms with Crippen LogP contribution >= 0.6 is 0 Å². The number of hydrogen-bond acceptors (Lipinski definition) is 4. The zero-order valence-corrected chi connectivity index (χ0v) is 34.2. The monoisotopic (exact) mass is 885 g/mol. The van der Waals surface area contributed by atoms with Crippen LogP contribution in [0, 0.1) is 0 Å². The van der Waals surface area contributed by atoms with Gasteiger partial charge in [-0.1, -0.05) is 116 Å². The lowest BCUT2D eigenvalue weighted by Crippen LogP contribution is -2.69. The fourth-order valence-corrected chi connectivity index (χ4v) is 9.56. The van der Waals surface area contributed by atoms with Gasteiger partial charge in [0.25, 0.3) is 5.91 Å². The molecule has 3 heterocycles. The number of carbonyl (C=O) groups is 2. The SMILES string of the molecule is O=C(CN1CCC(N2CCCCC2)CC1)NC(Cc1c[nH]c2ccccc12)(C(=O)N(C(c1ccccc1)C(F)(F)F)C(c1ccccc1)C(F)(F)F)C(c1ccccc1)C(F)(F)F. The summed E-state index contributed by atoms with van der Waals surface area (Å²) in [5.74, 6) is -6.57. The molecule has 0 aliphatic carbocycles. The van der Waals surface area contributed by atoms with Gasteiger partial charge in [0, 0.05) is 42.7 Å². The van der Waals surface area contributed by atoms with Crippen molar-refractivity contribution in [3.63, 3.8) is 0 Å². The molecule has 1 aromatic heterocycles. The largest absolute Gasteiger partial charge is 0.413 e. The number of piperidine rings is 2. The van der Waals surface area contributed by atoms with Gasteiger partial charge in [0.1, 0.15) is 11.5 Å². The van der Waals surface area contributed by atoms with E-state index < -0.39 is 88.4 Å². The molecule has 0 spiro atoms. The second kappa shape index (κ2) is 18.8. The van der Waals surface area contributed by atoms with E-state index in [2.05, 4.69) is 15.2 Å². The second-order valence-corrected chi connectivity index (χ2v) is 16.5. The highest BCUT2D eigenvalue weighted by Gasteiger charge is 2.65. The number of aromatic nitrogens is 1. The molecule has 0 saturated carbocycles. The molecule has 7 rings (SSSR count). The highest BCUT2D eigenvalue weighted by molar-refractivity contribution is 5.95. The molecule has 0 radical (unpaired) electrons. The molecule has 4 unspecified atom stereocenters. The topological polar surface area (TPSA) is 71.7 Å². The molecule has 2 aliphatic heterocycles. The number of benzene rings is 4. The molecule has 5 aromatic rings. The van der Waals surface area contributed by atoms with Gasteiger partial charge in [-0.15, -0.1) is 0 Å². The number of rotatable bonds is 13. The van der Waals surface area contributed by atoms with Crippen LogP contribution in [0.4, 0.5) is 39.5 Å². The van der Waals surface area contributed by atoms with E-state index in [0.717, 1.165) is 93.0 Å². The Morgan fingerprint density at radius 1 is 0.635 bits per heavy atom. The maximum absolute atomic E-state index is 16.3. The van der Waals surface area contributed by atoms with Crippen molar-refractivity contribution < 1.29 is 49.1 Å². The molecule has 4 aromatic carbocycles. The van der Waals surface area contributed by atoms with E-state index >= 15 is 44.3 Å². The average Bonchev–Trinajstić information content (AvgIpc) is 3.65. The van der Waals surface area contributed by atoms with Gasteiger partial charge in [-0.3, -0.25) is 14.5 Å². The van der Waals surface area contributed by atoms with E-state index in [1.165, 1.54) is 42.6 Å². The van der Waals surface area contributed by atoms with Crippen LogP contribution < -0.4 is 5.32 Å². The first-order valence-corrected chi connectivity index (χ1v) is 21.0. The number of alkyl halides is 9. The Morgan fingerprint density at radius 2 is 1.13 bits per heavy atom. The summed E-state index contributed by atoms with van der Waals surface area (Å²) in [5, 5.41) is 2.55. The summed E-state index contributed by atoms with van der Waals surface area (Å²) in [4.78, 5) is 37.1. The molecule has 63 heavy (non-hydrogen) atoms. The highest BCUT2D eigenvalue weighted by Crippen LogP contribution is 2.52. The van der Waals surface area contributed by atoms with Gasteiger partial charge in [0.2, 0.25) is 5.91 Å². The quantitative estimate of drug-likeness (QED) is 0.116. The Kier molecular flexibility index (Phi) is 13.6. The fraction of sp³-hybridized carbons (Fsp3) is 0.404. The zero-order chi connectivity index (χ0) is 45.0. The number of aromatic amines is 1. The smallest absolute Gasteiger partial charge is 0.361 e. The van der Waals surface area contributed by atoms with Crippen molar-refractivity contribution in [1.82, 2.24) is 25.0 Å². The number of fused-ring (bicyclic) bond motifs is 1. The first-order valence-electron chi connectivity index (χ1n) is 21.0. The summed E-state index contributed by atoms with van der Waals surface area (Å²) in [7, 11) is 0. The van der Waals surface area contributed by atoms with Crippen LogP contribution in [0.2, 0.25) is 0 Å². The molecule has 2 saturated heterocycles. The van der Waals surface area contributed by atoms with Gasteiger partial charge in [-0.05, 0) is 67.1 Å². The van der Waals surface area contributed by atoms with Crippen LogP contribution in [-0.4, -0.2) is 94.3 Å². The Labute approximate surface area is 359 Å². The number of likely N-dealkylation sites (tertiary alicyclic amines) is 2. The number of nitrogens with zero attached hydrogens (tertiary/aromatic N) is 3. The number of hydrogen-bond donors (Lipinski definition) is 2. The predicted octanol–water partition coefficient (Wildman–Crippen LogP) is 10.3. The summed E-state index contributed by atoms with van der Waals surface area (Å²) < 4.78 is 144. The first kappa shape index (κ1) is 45.7. The van der Waals surface area contributed by atoms with Gasteiger partial charge >= 0.3 is 18.5 Å². The molecule has 0 bridgehead atoms. The molecule has 2 amide bonds. The van der Waals surface area contributed by atoms with Gasteiger partial charge in [-0.25, -0.2) is 0 Å². The molecule has 2 N–H and O–H groups in total. The van der Waals surface area contributed by atoms with E-state index in [1.54, 1.807) is 23.1 Å². The molecule has 2 aliphatic rings. The molecular formula is C47H48F9N5O2. The lowest BCUT2D eigenvalue weighted by Gasteiger charge is -2.48. The van der Waals surface area contributed by atoms with Crippen molar-refractivity contribution >= 4 is 22.7 Å². The number of amides is 2. The minimum atomic E-state index is -5.69. The third-order valence-electron chi connectivity index (χ3n) is 12.3. The highest BCUT2D eigenvalue weighted by atomic mass is 19.4. The lowest BCUT2D eigenvalue weighted by atomic mass is 9.72. The number of carbonyl (C=O) groups excluding carboxylic acids is 2. The van der Waals surface area contributed by atoms with E-state index in [1.807, 2.05) is 0 Å². The number of halogens is 9. The summed E-state index contributed by atoms with van der Waals surface area (Å²) in [6.07, 6.45) is -12.4. The van der Waals surface area contributed by atoms with Gasteiger partial charge in [0.05, 0.1) is 6.54 Å². The van der Waals surface area contributed by atoms with Crippen LogP contribution in [0.5, 0.6) is 0 Å². The van der Waals surface area contributed by atoms with Crippen molar-refractivity contribution in [2.24, 2.45) is 0 Å². The molecule has 2 fully saturated rings. The summed E-state index contributed by atoms with van der Waals surface area (Å²) >= 11 is 0. The Hall–Kier alpha value is -5.35. The van der Waals surface area contributed by atoms with Crippen LogP contribution in [0.1, 0.15) is 72.4 Å². The Balaban J connectivity index is 1.46. The number of H-pyrrole nitrogens is 1.